The molecule has 0 saturated carbocycles. The fourth-order valence-electron chi connectivity index (χ4n) is 2.22. The van der Waals surface area contributed by atoms with Gasteiger partial charge in [0.05, 0.1) is 7.11 Å². The average Bonchev–Trinajstić information content (AvgIpc) is 2.98. The lowest BCUT2D eigenvalue weighted by molar-refractivity contribution is -0.139. The average molecular weight is 263 g/mol. The number of hydrogen-bond acceptors (Lipinski definition) is 3. The Morgan fingerprint density at radius 3 is 2.74 bits per heavy atom. The summed E-state index contributed by atoms with van der Waals surface area (Å²) < 4.78 is 10.5. The van der Waals surface area contributed by atoms with Crippen molar-refractivity contribution in [1.82, 2.24) is 4.90 Å². The summed E-state index contributed by atoms with van der Waals surface area (Å²) in [5, 5.41) is 0. The zero-order valence-corrected chi connectivity index (χ0v) is 11.6. The Kier molecular flexibility index (Phi) is 4.80. The molecule has 1 aromatic rings. The summed E-state index contributed by atoms with van der Waals surface area (Å²) >= 11 is 0. The van der Waals surface area contributed by atoms with E-state index in [1.165, 1.54) is 5.56 Å². The standard InChI is InChI=1S/C15H21NO3/c1-16(15(17)14-4-3-11-19-14)10-9-12-5-7-13(18-2)8-6-12/h5-8,14H,3-4,9-11H2,1-2H3. The van der Waals surface area contributed by atoms with Gasteiger partial charge in [-0.2, -0.15) is 0 Å². The van der Waals surface area contributed by atoms with E-state index in [0.29, 0.717) is 13.2 Å². The topological polar surface area (TPSA) is 38.8 Å². The minimum Gasteiger partial charge on any atom is -0.497 e. The number of benzene rings is 1. The van der Waals surface area contributed by atoms with Crippen LogP contribution >= 0.6 is 0 Å². The molecule has 4 heteroatoms. The minimum absolute atomic E-state index is 0.103. The van der Waals surface area contributed by atoms with Gasteiger partial charge in [-0.25, -0.2) is 0 Å². The highest BCUT2D eigenvalue weighted by atomic mass is 16.5. The number of carbonyl (C=O) groups excluding carboxylic acids is 1. The van der Waals surface area contributed by atoms with Gasteiger partial charge >= 0.3 is 0 Å². The van der Waals surface area contributed by atoms with Gasteiger partial charge in [0.15, 0.2) is 0 Å². The summed E-state index contributed by atoms with van der Waals surface area (Å²) in [6.07, 6.45) is 2.47. The van der Waals surface area contributed by atoms with E-state index in [4.69, 9.17) is 9.47 Å². The van der Waals surface area contributed by atoms with E-state index in [9.17, 15) is 4.79 Å². The van der Waals surface area contributed by atoms with Crippen molar-refractivity contribution in [3.8, 4) is 5.75 Å². The number of nitrogens with zero attached hydrogens (tertiary/aromatic N) is 1. The largest absolute Gasteiger partial charge is 0.497 e. The molecular formula is C15H21NO3. The summed E-state index contributed by atoms with van der Waals surface area (Å²) in [5.41, 5.74) is 1.20. The molecule has 0 spiro atoms. The van der Waals surface area contributed by atoms with E-state index in [2.05, 4.69) is 0 Å². The van der Waals surface area contributed by atoms with E-state index in [-0.39, 0.29) is 12.0 Å². The third kappa shape index (κ3) is 3.70. The predicted octanol–water partition coefficient (Wildman–Crippen LogP) is 1.88. The molecule has 0 N–H and O–H groups in total. The summed E-state index contributed by atoms with van der Waals surface area (Å²) in [6.45, 7) is 1.42. The van der Waals surface area contributed by atoms with Gasteiger partial charge in [-0.15, -0.1) is 0 Å². The zero-order valence-electron chi connectivity index (χ0n) is 11.6. The molecule has 1 fully saturated rings. The number of ether oxygens (including phenoxy) is 2. The third-order valence-corrected chi connectivity index (χ3v) is 3.48. The molecule has 0 bridgehead atoms. The Morgan fingerprint density at radius 1 is 1.42 bits per heavy atom. The first kappa shape index (κ1) is 13.9. The Bertz CT molecular complexity index is 410. The van der Waals surface area contributed by atoms with Gasteiger partial charge in [0, 0.05) is 20.2 Å². The smallest absolute Gasteiger partial charge is 0.251 e. The predicted molar refractivity (Wildman–Crippen MR) is 73.3 cm³/mol. The van der Waals surface area contributed by atoms with Crippen LogP contribution in [-0.4, -0.2) is 44.2 Å². The second-order valence-electron chi connectivity index (χ2n) is 4.86. The maximum Gasteiger partial charge on any atom is 0.251 e. The maximum absolute atomic E-state index is 12.0. The molecule has 104 valence electrons. The highest BCUT2D eigenvalue weighted by Crippen LogP contribution is 2.15. The second-order valence-corrected chi connectivity index (χ2v) is 4.86. The molecule has 1 atom stereocenters. The van der Waals surface area contributed by atoms with Crippen molar-refractivity contribution in [3.63, 3.8) is 0 Å². The molecule has 1 saturated heterocycles. The van der Waals surface area contributed by atoms with Crippen LogP contribution in [0.4, 0.5) is 0 Å². The Labute approximate surface area is 114 Å². The summed E-state index contributed by atoms with van der Waals surface area (Å²) in [6, 6.07) is 7.95. The molecule has 1 aromatic carbocycles. The van der Waals surface area contributed by atoms with Gasteiger partial charge in [0.25, 0.3) is 5.91 Å². The van der Waals surface area contributed by atoms with E-state index in [0.717, 1.165) is 25.0 Å². The van der Waals surface area contributed by atoms with E-state index < -0.39 is 0 Å². The van der Waals surface area contributed by atoms with Crippen molar-refractivity contribution < 1.29 is 14.3 Å². The number of hydrogen-bond donors (Lipinski definition) is 0. The lowest BCUT2D eigenvalue weighted by Gasteiger charge is -2.20. The van der Waals surface area contributed by atoms with Crippen LogP contribution in [0.2, 0.25) is 0 Å². The second kappa shape index (κ2) is 6.57. The molecule has 1 amide bonds. The SMILES string of the molecule is COc1ccc(CCN(C)C(=O)C2CCCO2)cc1. The first-order valence-corrected chi connectivity index (χ1v) is 6.70. The molecule has 0 radical (unpaired) electrons. The van der Waals surface area contributed by atoms with Crippen molar-refractivity contribution in [2.75, 3.05) is 27.3 Å². The normalized spacial score (nSPS) is 18.3. The molecule has 1 heterocycles. The van der Waals surface area contributed by atoms with Crippen molar-refractivity contribution in [2.45, 2.75) is 25.4 Å². The van der Waals surface area contributed by atoms with Gasteiger partial charge in [0.2, 0.25) is 0 Å². The zero-order chi connectivity index (χ0) is 13.7. The lowest BCUT2D eigenvalue weighted by Crippen LogP contribution is -2.37. The number of rotatable bonds is 5. The molecule has 1 aliphatic heterocycles. The number of methoxy groups -OCH3 is 1. The van der Waals surface area contributed by atoms with Gasteiger partial charge in [-0.3, -0.25) is 4.79 Å². The third-order valence-electron chi connectivity index (χ3n) is 3.48. The fraction of sp³-hybridized carbons (Fsp3) is 0.533. The first-order chi connectivity index (χ1) is 9.20. The summed E-state index contributed by atoms with van der Waals surface area (Å²) in [7, 11) is 3.50. The fourth-order valence-corrected chi connectivity index (χ4v) is 2.22. The molecule has 1 unspecified atom stereocenters. The van der Waals surface area contributed by atoms with Gasteiger partial charge in [-0.1, -0.05) is 12.1 Å². The maximum atomic E-state index is 12.0. The van der Waals surface area contributed by atoms with Crippen LogP contribution in [0, 0.1) is 0 Å². The number of likely N-dealkylation sites (N-methyl/N-ethyl adjacent to an activating group) is 1. The van der Waals surface area contributed by atoms with Gasteiger partial charge in [0.1, 0.15) is 11.9 Å². The van der Waals surface area contributed by atoms with E-state index in [1.54, 1.807) is 12.0 Å². The summed E-state index contributed by atoms with van der Waals surface area (Å²) in [4.78, 5) is 13.8. The lowest BCUT2D eigenvalue weighted by atomic mass is 10.1. The Hall–Kier alpha value is -1.55. The Balaban J connectivity index is 1.81. The molecule has 0 aromatic heterocycles. The monoisotopic (exact) mass is 263 g/mol. The van der Waals surface area contributed by atoms with Crippen LogP contribution in [0.5, 0.6) is 5.75 Å². The highest BCUT2D eigenvalue weighted by Gasteiger charge is 2.26. The van der Waals surface area contributed by atoms with E-state index >= 15 is 0 Å². The van der Waals surface area contributed by atoms with Crippen LogP contribution in [0.15, 0.2) is 24.3 Å². The van der Waals surface area contributed by atoms with E-state index in [1.807, 2.05) is 31.3 Å². The van der Waals surface area contributed by atoms with Gasteiger partial charge < -0.3 is 14.4 Å². The first-order valence-electron chi connectivity index (χ1n) is 6.70. The number of amides is 1. The highest BCUT2D eigenvalue weighted by molar-refractivity contribution is 5.80. The molecular weight excluding hydrogens is 242 g/mol. The van der Waals surface area contributed by atoms with Crippen LogP contribution < -0.4 is 4.74 Å². The van der Waals surface area contributed by atoms with Crippen molar-refractivity contribution >= 4 is 5.91 Å². The molecule has 1 aliphatic rings. The van der Waals surface area contributed by atoms with Crippen molar-refractivity contribution in [1.29, 1.82) is 0 Å². The van der Waals surface area contributed by atoms with Crippen LogP contribution in [0.25, 0.3) is 0 Å². The van der Waals surface area contributed by atoms with Gasteiger partial charge in [-0.05, 0) is 37.0 Å². The van der Waals surface area contributed by atoms with Crippen LogP contribution in [-0.2, 0) is 16.0 Å². The van der Waals surface area contributed by atoms with Crippen molar-refractivity contribution in [3.05, 3.63) is 29.8 Å². The molecule has 19 heavy (non-hydrogen) atoms. The quantitative estimate of drug-likeness (QED) is 0.814. The molecule has 2 rings (SSSR count). The summed E-state index contributed by atoms with van der Waals surface area (Å²) in [5.74, 6) is 0.957. The van der Waals surface area contributed by atoms with Crippen LogP contribution in [0.1, 0.15) is 18.4 Å². The minimum atomic E-state index is -0.221. The Morgan fingerprint density at radius 2 is 2.16 bits per heavy atom. The number of carbonyl (C=O) groups is 1. The van der Waals surface area contributed by atoms with Crippen molar-refractivity contribution in [2.24, 2.45) is 0 Å². The van der Waals surface area contributed by atoms with Crippen LogP contribution in [0.3, 0.4) is 0 Å². The molecule has 4 nitrogen and oxygen atoms in total. The molecule has 0 aliphatic carbocycles.